The van der Waals surface area contributed by atoms with Crippen LogP contribution in [0.4, 0.5) is 0 Å². The number of carbonyl (C=O) groups excluding carboxylic acids is 4. The molecule has 0 radical (unpaired) electrons. The highest BCUT2D eigenvalue weighted by molar-refractivity contribution is 5.96. The number of carboxylic acid groups (broad SMARTS) is 2. The molecule has 0 saturated carbocycles. The number of rotatable bonds is 13. The molecule has 0 aliphatic heterocycles. The van der Waals surface area contributed by atoms with E-state index < -0.39 is 85.3 Å². The van der Waals surface area contributed by atoms with Gasteiger partial charge in [0, 0.05) is 0 Å². The Kier molecular flexibility index (Phi) is 10.9. The number of aliphatic hydroxyl groups excluding tert-OH is 2. The standard InChI is InChI=1S/C15H25N5O10/c1-5(22)11(14(28)19-8(15(29)30)3-10(24)25)20-13(27)7(2-9(17)23)18-12(26)6(16)4-21/h5-8,11,21-22H,2-4,16H2,1H3,(H2,17,23)(H,18,26)(H,19,28)(H,20,27)(H,24,25)(H,29,30). The molecular weight excluding hydrogens is 410 g/mol. The number of amides is 4. The molecule has 30 heavy (non-hydrogen) atoms. The molecule has 0 aromatic carbocycles. The molecule has 0 saturated heterocycles. The van der Waals surface area contributed by atoms with Crippen LogP contribution in [0.1, 0.15) is 19.8 Å². The van der Waals surface area contributed by atoms with Crippen molar-refractivity contribution in [3.63, 3.8) is 0 Å². The van der Waals surface area contributed by atoms with Crippen molar-refractivity contribution in [1.29, 1.82) is 0 Å². The highest BCUT2D eigenvalue weighted by atomic mass is 16.4. The maximum absolute atomic E-state index is 12.4. The molecule has 0 heterocycles. The van der Waals surface area contributed by atoms with Gasteiger partial charge in [-0.2, -0.15) is 0 Å². The van der Waals surface area contributed by atoms with E-state index in [-0.39, 0.29) is 0 Å². The van der Waals surface area contributed by atoms with E-state index in [2.05, 4.69) is 0 Å². The molecule has 0 aromatic heterocycles. The van der Waals surface area contributed by atoms with E-state index in [0.717, 1.165) is 6.92 Å². The number of nitrogens with two attached hydrogens (primary N) is 2. The number of aliphatic carboxylic acids is 2. The van der Waals surface area contributed by atoms with Crippen LogP contribution in [0.3, 0.4) is 0 Å². The Balaban J connectivity index is 5.42. The summed E-state index contributed by atoms with van der Waals surface area (Å²) in [7, 11) is 0. The van der Waals surface area contributed by atoms with Gasteiger partial charge in [-0.3, -0.25) is 24.0 Å². The molecule has 0 fully saturated rings. The second-order valence-corrected chi connectivity index (χ2v) is 6.24. The summed E-state index contributed by atoms with van der Waals surface area (Å²) < 4.78 is 0. The number of hydrogen-bond donors (Lipinski definition) is 9. The van der Waals surface area contributed by atoms with Gasteiger partial charge in [0.25, 0.3) is 0 Å². The van der Waals surface area contributed by atoms with Crippen LogP contribution in [-0.4, -0.2) is 92.9 Å². The van der Waals surface area contributed by atoms with Gasteiger partial charge in [-0.15, -0.1) is 0 Å². The highest BCUT2D eigenvalue weighted by Gasteiger charge is 2.33. The van der Waals surface area contributed by atoms with Crippen molar-refractivity contribution in [3.05, 3.63) is 0 Å². The summed E-state index contributed by atoms with van der Waals surface area (Å²) in [6.07, 6.45) is -3.28. The van der Waals surface area contributed by atoms with E-state index in [9.17, 15) is 33.9 Å². The minimum absolute atomic E-state index is 0.722. The number of aliphatic hydroxyl groups is 2. The first-order chi connectivity index (χ1) is 13.8. The average molecular weight is 435 g/mol. The first kappa shape index (κ1) is 26.7. The van der Waals surface area contributed by atoms with Crippen molar-refractivity contribution in [1.82, 2.24) is 16.0 Å². The highest BCUT2D eigenvalue weighted by Crippen LogP contribution is 2.01. The van der Waals surface area contributed by atoms with Gasteiger partial charge in [0.05, 0.1) is 25.6 Å². The third kappa shape index (κ3) is 9.26. The zero-order valence-corrected chi connectivity index (χ0v) is 15.9. The molecule has 0 aliphatic rings. The van der Waals surface area contributed by atoms with Crippen molar-refractivity contribution >= 4 is 35.6 Å². The van der Waals surface area contributed by atoms with Crippen LogP contribution in [0, 0.1) is 0 Å². The van der Waals surface area contributed by atoms with Gasteiger partial charge in [-0.1, -0.05) is 0 Å². The first-order valence-electron chi connectivity index (χ1n) is 8.48. The van der Waals surface area contributed by atoms with E-state index >= 15 is 0 Å². The normalized spacial score (nSPS) is 15.6. The fraction of sp³-hybridized carbons (Fsp3) is 0.600. The van der Waals surface area contributed by atoms with Crippen LogP contribution in [-0.2, 0) is 28.8 Å². The van der Waals surface area contributed by atoms with Crippen molar-refractivity contribution < 1.29 is 49.2 Å². The van der Waals surface area contributed by atoms with Crippen LogP contribution in [0.2, 0.25) is 0 Å². The number of nitrogens with one attached hydrogen (secondary N) is 3. The molecule has 5 unspecified atom stereocenters. The Bertz CT molecular complexity index is 683. The summed E-state index contributed by atoms with van der Waals surface area (Å²) in [5.74, 6) is -7.60. The summed E-state index contributed by atoms with van der Waals surface area (Å²) in [5, 5.41) is 42.2. The van der Waals surface area contributed by atoms with Crippen LogP contribution in [0.5, 0.6) is 0 Å². The number of carboxylic acids is 2. The van der Waals surface area contributed by atoms with Crippen LogP contribution >= 0.6 is 0 Å². The van der Waals surface area contributed by atoms with E-state index in [0.29, 0.717) is 0 Å². The van der Waals surface area contributed by atoms with Gasteiger partial charge < -0.3 is 47.8 Å². The fourth-order valence-electron chi connectivity index (χ4n) is 2.07. The minimum Gasteiger partial charge on any atom is -0.481 e. The minimum atomic E-state index is -1.85. The summed E-state index contributed by atoms with van der Waals surface area (Å²) in [6, 6.07) is -6.67. The SMILES string of the molecule is CC(O)C(NC(=O)C(CC(N)=O)NC(=O)C(N)CO)C(=O)NC(CC(=O)O)C(=O)O. The predicted octanol–water partition coefficient (Wildman–Crippen LogP) is -5.42. The maximum Gasteiger partial charge on any atom is 0.326 e. The van der Waals surface area contributed by atoms with E-state index in [1.165, 1.54) is 0 Å². The van der Waals surface area contributed by atoms with Gasteiger partial charge in [0.1, 0.15) is 24.2 Å². The van der Waals surface area contributed by atoms with Gasteiger partial charge >= 0.3 is 11.9 Å². The van der Waals surface area contributed by atoms with Crippen LogP contribution < -0.4 is 27.4 Å². The topological polar surface area (TPSA) is 271 Å². The monoisotopic (exact) mass is 435 g/mol. The lowest BCUT2D eigenvalue weighted by molar-refractivity contribution is -0.148. The Morgan fingerprint density at radius 2 is 1.40 bits per heavy atom. The third-order valence-electron chi connectivity index (χ3n) is 3.63. The van der Waals surface area contributed by atoms with Crippen molar-refractivity contribution in [3.8, 4) is 0 Å². The van der Waals surface area contributed by atoms with E-state index in [1.807, 2.05) is 16.0 Å². The zero-order valence-electron chi connectivity index (χ0n) is 15.9. The molecule has 0 rings (SSSR count). The molecule has 5 atom stereocenters. The molecule has 4 amide bonds. The Hall–Kier alpha value is -3.30. The van der Waals surface area contributed by atoms with Crippen molar-refractivity contribution in [2.45, 2.75) is 50.0 Å². The van der Waals surface area contributed by atoms with Gasteiger partial charge in [-0.25, -0.2) is 4.79 Å². The Morgan fingerprint density at radius 1 is 0.867 bits per heavy atom. The lowest BCUT2D eigenvalue weighted by atomic mass is 10.1. The second kappa shape index (κ2) is 12.3. The summed E-state index contributed by atoms with van der Waals surface area (Å²) in [4.78, 5) is 69.4. The number of carbonyl (C=O) groups is 6. The van der Waals surface area contributed by atoms with E-state index in [1.54, 1.807) is 0 Å². The number of primary amides is 1. The second-order valence-electron chi connectivity index (χ2n) is 6.24. The lowest BCUT2D eigenvalue weighted by Crippen LogP contribution is -2.60. The largest absolute Gasteiger partial charge is 0.481 e. The quantitative estimate of drug-likeness (QED) is 0.132. The smallest absolute Gasteiger partial charge is 0.326 e. The predicted molar refractivity (Wildman–Crippen MR) is 96.2 cm³/mol. The first-order valence-corrected chi connectivity index (χ1v) is 8.48. The molecule has 0 aromatic rings. The van der Waals surface area contributed by atoms with Crippen LogP contribution in [0.15, 0.2) is 0 Å². The van der Waals surface area contributed by atoms with Gasteiger partial charge in [0.2, 0.25) is 23.6 Å². The van der Waals surface area contributed by atoms with Gasteiger partial charge in [0.15, 0.2) is 0 Å². The molecule has 170 valence electrons. The number of hydrogen-bond acceptors (Lipinski definition) is 9. The molecule has 15 heteroatoms. The van der Waals surface area contributed by atoms with Crippen molar-refractivity contribution in [2.24, 2.45) is 11.5 Å². The summed E-state index contributed by atoms with van der Waals surface area (Å²) in [6.45, 7) is 0.302. The molecule has 11 N–H and O–H groups in total. The molecule has 0 bridgehead atoms. The Morgan fingerprint density at radius 3 is 1.80 bits per heavy atom. The van der Waals surface area contributed by atoms with E-state index in [4.69, 9.17) is 26.8 Å². The molecule has 15 nitrogen and oxygen atoms in total. The zero-order chi connectivity index (χ0) is 23.6. The Labute approximate surface area is 169 Å². The van der Waals surface area contributed by atoms with Crippen LogP contribution in [0.25, 0.3) is 0 Å². The third-order valence-corrected chi connectivity index (χ3v) is 3.63. The van der Waals surface area contributed by atoms with Gasteiger partial charge in [-0.05, 0) is 6.92 Å². The van der Waals surface area contributed by atoms with Crippen molar-refractivity contribution in [2.75, 3.05) is 6.61 Å². The molecule has 0 spiro atoms. The maximum atomic E-state index is 12.4. The summed E-state index contributed by atoms with van der Waals surface area (Å²) >= 11 is 0. The molecular formula is C15H25N5O10. The summed E-state index contributed by atoms with van der Waals surface area (Å²) in [5.41, 5.74) is 10.3. The molecule has 0 aliphatic carbocycles. The average Bonchev–Trinajstić information content (AvgIpc) is 2.62. The lowest BCUT2D eigenvalue weighted by Gasteiger charge is -2.25. The fourth-order valence-corrected chi connectivity index (χ4v) is 2.07.